The lowest BCUT2D eigenvalue weighted by atomic mass is 10.0. The number of nitrogens with zero attached hydrogens (tertiary/aromatic N) is 3. The maximum Gasteiger partial charge on any atom is 0.251 e. The van der Waals surface area contributed by atoms with Gasteiger partial charge in [-0.15, -0.1) is 0 Å². The van der Waals surface area contributed by atoms with E-state index in [1.54, 1.807) is 42.6 Å². The number of nitrogens with one attached hydrogen (secondary N) is 2. The molecule has 184 valence electrons. The molecule has 0 saturated carbocycles. The summed E-state index contributed by atoms with van der Waals surface area (Å²) in [5, 5.41) is 6.59. The first-order valence-electron chi connectivity index (χ1n) is 11.3. The van der Waals surface area contributed by atoms with Gasteiger partial charge in [0.25, 0.3) is 5.91 Å². The van der Waals surface area contributed by atoms with Crippen molar-refractivity contribution in [2.45, 2.75) is 11.2 Å². The average molecular weight is 498 g/mol. The fourth-order valence-electron chi connectivity index (χ4n) is 3.85. The van der Waals surface area contributed by atoms with Crippen molar-refractivity contribution in [3.8, 4) is 0 Å². The van der Waals surface area contributed by atoms with Crippen molar-refractivity contribution in [3.05, 3.63) is 77.9 Å². The molecule has 2 heterocycles. The van der Waals surface area contributed by atoms with Crippen molar-refractivity contribution in [2.75, 3.05) is 43.9 Å². The number of rotatable bonds is 9. The Morgan fingerprint density at radius 1 is 1.11 bits per heavy atom. The van der Waals surface area contributed by atoms with Crippen molar-refractivity contribution < 1.29 is 18.7 Å². The highest BCUT2D eigenvalue weighted by atomic mass is 32.2. The summed E-state index contributed by atoms with van der Waals surface area (Å²) in [7, 11) is 1.87. The third-order valence-corrected chi connectivity index (χ3v) is 6.80. The maximum absolute atomic E-state index is 13.4. The summed E-state index contributed by atoms with van der Waals surface area (Å²) in [6.07, 6.45) is 3.51. The summed E-state index contributed by atoms with van der Waals surface area (Å²) < 4.78 is 20.7. The van der Waals surface area contributed by atoms with E-state index >= 15 is 0 Å². The molecule has 1 saturated heterocycles. The number of morpholine rings is 1. The summed E-state index contributed by atoms with van der Waals surface area (Å²) >= 11 is 1.35. The molecule has 2 aromatic carbocycles. The van der Waals surface area contributed by atoms with E-state index in [1.807, 2.05) is 17.8 Å². The first-order chi connectivity index (χ1) is 17.0. The van der Waals surface area contributed by atoms with E-state index in [2.05, 4.69) is 20.5 Å². The number of halogens is 1. The topological polar surface area (TPSA) is 88.5 Å². The number of carbonyl (C=O) groups excluding carboxylic acids is 2. The Kier molecular flexibility index (Phi) is 8.51. The normalized spacial score (nSPS) is 14.9. The minimum Gasteiger partial charge on any atom is -0.379 e. The Balaban J connectivity index is 1.32. The van der Waals surface area contributed by atoms with E-state index in [1.165, 1.54) is 23.9 Å². The highest BCUT2D eigenvalue weighted by Gasteiger charge is 2.23. The number of anilines is 1. The van der Waals surface area contributed by atoms with Crippen LogP contribution in [-0.4, -0.2) is 64.9 Å². The summed E-state index contributed by atoms with van der Waals surface area (Å²) in [5.74, 6) is -0.420. The van der Waals surface area contributed by atoms with E-state index in [0.29, 0.717) is 31.0 Å². The second-order valence-electron chi connectivity index (χ2n) is 8.16. The molecule has 0 bridgehead atoms. The van der Waals surface area contributed by atoms with Crippen LogP contribution < -0.4 is 10.6 Å². The molecule has 1 aliphatic heterocycles. The predicted octanol–water partition coefficient (Wildman–Crippen LogP) is 3.09. The van der Waals surface area contributed by atoms with Gasteiger partial charge in [0.2, 0.25) is 5.91 Å². The average Bonchev–Trinajstić information content (AvgIpc) is 3.29. The standard InChI is InChI=1S/C25H28FN5O3S/c1-30-11-10-27-25(30)35-17-23(32)29-21-8-4-19(5-9-21)24(33)28-16-22(31-12-14-34-15-13-31)18-2-6-20(26)7-3-18/h2-11,22H,12-17H2,1H3,(H,28,33)(H,29,32)/t22-/m1/s1. The lowest BCUT2D eigenvalue weighted by Crippen LogP contribution is -2.43. The summed E-state index contributed by atoms with van der Waals surface area (Å²) in [4.78, 5) is 31.5. The molecule has 0 aliphatic carbocycles. The molecule has 3 aromatic rings. The monoisotopic (exact) mass is 497 g/mol. The minimum absolute atomic E-state index is 0.0850. The molecule has 1 fully saturated rings. The zero-order valence-electron chi connectivity index (χ0n) is 19.4. The zero-order valence-corrected chi connectivity index (χ0v) is 20.3. The third-order valence-electron chi connectivity index (χ3n) is 5.74. The highest BCUT2D eigenvalue weighted by Crippen LogP contribution is 2.22. The first kappa shape index (κ1) is 24.9. The summed E-state index contributed by atoms with van der Waals surface area (Å²) in [6.45, 7) is 3.11. The Morgan fingerprint density at radius 3 is 2.49 bits per heavy atom. The Hall–Kier alpha value is -3.21. The molecule has 0 spiro atoms. The van der Waals surface area contributed by atoms with Gasteiger partial charge in [-0.3, -0.25) is 14.5 Å². The molecule has 10 heteroatoms. The molecule has 2 amide bonds. The summed E-state index contributed by atoms with van der Waals surface area (Å²) in [5.41, 5.74) is 2.05. The van der Waals surface area contributed by atoms with Crippen LogP contribution in [0.15, 0.2) is 66.1 Å². The SMILES string of the molecule is Cn1ccnc1SCC(=O)Nc1ccc(C(=O)NC[C@H](c2ccc(F)cc2)N2CCOCC2)cc1. The quantitative estimate of drug-likeness (QED) is 0.442. The number of hydrogen-bond acceptors (Lipinski definition) is 6. The molecular formula is C25H28FN5O3S. The maximum atomic E-state index is 13.4. The van der Waals surface area contributed by atoms with E-state index in [4.69, 9.17) is 4.74 Å². The number of imidazole rings is 1. The second kappa shape index (κ2) is 12.0. The lowest BCUT2D eigenvalue weighted by molar-refractivity contribution is -0.113. The molecule has 0 unspecified atom stereocenters. The second-order valence-corrected chi connectivity index (χ2v) is 9.10. The van der Waals surface area contributed by atoms with Gasteiger partial charge in [-0.25, -0.2) is 9.37 Å². The highest BCUT2D eigenvalue weighted by molar-refractivity contribution is 7.99. The van der Waals surface area contributed by atoms with Gasteiger partial charge in [0.15, 0.2) is 5.16 Å². The number of amides is 2. The molecule has 0 radical (unpaired) electrons. The van der Waals surface area contributed by atoms with Gasteiger partial charge < -0.3 is 19.9 Å². The predicted molar refractivity (Wildman–Crippen MR) is 133 cm³/mol. The number of aromatic nitrogens is 2. The lowest BCUT2D eigenvalue weighted by Gasteiger charge is -2.35. The van der Waals surface area contributed by atoms with Gasteiger partial charge in [-0.2, -0.15) is 0 Å². The van der Waals surface area contributed by atoms with Gasteiger partial charge in [0.05, 0.1) is 25.0 Å². The number of thioether (sulfide) groups is 1. The Labute approximate surface area is 207 Å². The van der Waals surface area contributed by atoms with Gasteiger partial charge in [-0.1, -0.05) is 23.9 Å². The fraction of sp³-hybridized carbons (Fsp3) is 0.320. The Bertz CT molecular complexity index is 1130. The van der Waals surface area contributed by atoms with Crippen LogP contribution in [0.4, 0.5) is 10.1 Å². The van der Waals surface area contributed by atoms with Crippen LogP contribution >= 0.6 is 11.8 Å². The van der Waals surface area contributed by atoms with Crippen molar-refractivity contribution in [2.24, 2.45) is 7.05 Å². The van der Waals surface area contributed by atoms with Gasteiger partial charge in [0, 0.05) is 50.3 Å². The van der Waals surface area contributed by atoms with E-state index in [0.717, 1.165) is 23.8 Å². The number of ether oxygens (including phenoxy) is 1. The molecule has 35 heavy (non-hydrogen) atoms. The van der Waals surface area contributed by atoms with Gasteiger partial charge in [0.1, 0.15) is 5.82 Å². The van der Waals surface area contributed by atoms with Crippen molar-refractivity contribution >= 4 is 29.3 Å². The van der Waals surface area contributed by atoms with Crippen LogP contribution in [0, 0.1) is 5.82 Å². The molecular weight excluding hydrogens is 469 g/mol. The van der Waals surface area contributed by atoms with Gasteiger partial charge in [-0.05, 0) is 42.0 Å². The number of aryl methyl sites for hydroxylation is 1. The molecule has 2 N–H and O–H groups in total. The van der Waals surface area contributed by atoms with E-state index < -0.39 is 0 Å². The molecule has 1 atom stereocenters. The third kappa shape index (κ3) is 6.91. The van der Waals surface area contributed by atoms with Crippen molar-refractivity contribution in [1.29, 1.82) is 0 Å². The molecule has 1 aliphatic rings. The van der Waals surface area contributed by atoms with Crippen LogP contribution in [0.2, 0.25) is 0 Å². The molecule has 1 aromatic heterocycles. The van der Waals surface area contributed by atoms with E-state index in [9.17, 15) is 14.0 Å². The largest absolute Gasteiger partial charge is 0.379 e. The van der Waals surface area contributed by atoms with Crippen LogP contribution in [-0.2, 0) is 16.6 Å². The number of benzene rings is 2. The molecule has 8 nitrogen and oxygen atoms in total. The van der Waals surface area contributed by atoms with E-state index in [-0.39, 0.29) is 29.4 Å². The summed E-state index contributed by atoms with van der Waals surface area (Å²) in [6, 6.07) is 13.1. The van der Waals surface area contributed by atoms with Crippen molar-refractivity contribution in [1.82, 2.24) is 19.8 Å². The smallest absolute Gasteiger partial charge is 0.251 e. The van der Waals surface area contributed by atoms with Gasteiger partial charge >= 0.3 is 0 Å². The number of hydrogen-bond donors (Lipinski definition) is 2. The van der Waals surface area contributed by atoms with Crippen LogP contribution in [0.3, 0.4) is 0 Å². The minimum atomic E-state index is -0.291. The fourth-order valence-corrected chi connectivity index (χ4v) is 4.58. The zero-order chi connectivity index (χ0) is 24.6. The first-order valence-corrected chi connectivity index (χ1v) is 12.3. The van der Waals surface area contributed by atoms with Crippen LogP contribution in [0.25, 0.3) is 0 Å². The molecule has 4 rings (SSSR count). The number of carbonyl (C=O) groups is 2. The van der Waals surface area contributed by atoms with Crippen LogP contribution in [0.5, 0.6) is 0 Å². The van der Waals surface area contributed by atoms with Crippen LogP contribution in [0.1, 0.15) is 22.0 Å². The Morgan fingerprint density at radius 2 is 1.83 bits per heavy atom. The van der Waals surface area contributed by atoms with Crippen molar-refractivity contribution in [3.63, 3.8) is 0 Å².